The van der Waals surface area contributed by atoms with Crippen LogP contribution in [0.4, 0.5) is 4.79 Å². The number of benzene rings is 1. The lowest BCUT2D eigenvalue weighted by Crippen LogP contribution is -2.40. The van der Waals surface area contributed by atoms with E-state index in [1.54, 1.807) is 6.20 Å². The van der Waals surface area contributed by atoms with Crippen molar-refractivity contribution in [2.75, 3.05) is 18.1 Å². The number of thioether (sulfide) groups is 1. The summed E-state index contributed by atoms with van der Waals surface area (Å²) in [4.78, 5) is 27.4. The summed E-state index contributed by atoms with van der Waals surface area (Å²) in [5.74, 6) is 5.45. The highest BCUT2D eigenvalue weighted by atomic mass is 32.2. The second-order valence-electron chi connectivity index (χ2n) is 4.52. The molecule has 0 aliphatic heterocycles. The third-order valence-corrected chi connectivity index (χ3v) is 3.73. The molecular formula is C15H17N5O2S. The van der Waals surface area contributed by atoms with E-state index in [2.05, 4.69) is 22.2 Å². The van der Waals surface area contributed by atoms with Gasteiger partial charge in [-0.3, -0.25) is 10.1 Å². The fraction of sp³-hybridized carbons (Fsp3) is 0.133. The van der Waals surface area contributed by atoms with Crippen LogP contribution in [0.1, 0.15) is 0 Å². The van der Waals surface area contributed by atoms with E-state index in [0.29, 0.717) is 11.7 Å². The number of carbonyl (C=O) groups is 2. The molecule has 23 heavy (non-hydrogen) atoms. The quantitative estimate of drug-likeness (QED) is 0.421. The number of nitrogens with two attached hydrogens (primary N) is 1. The van der Waals surface area contributed by atoms with Crippen LogP contribution < -0.4 is 16.5 Å². The summed E-state index contributed by atoms with van der Waals surface area (Å²) < 4.78 is 1.36. The van der Waals surface area contributed by atoms with Crippen LogP contribution in [0.3, 0.4) is 0 Å². The van der Waals surface area contributed by atoms with Crippen LogP contribution in [-0.2, 0) is 4.79 Å². The molecule has 0 aliphatic carbocycles. The number of carbonyl (C=O) groups excluding carboxylic acids is 2. The average molecular weight is 331 g/mol. The monoisotopic (exact) mass is 331 g/mol. The molecule has 120 valence electrons. The van der Waals surface area contributed by atoms with Crippen molar-refractivity contribution in [2.24, 2.45) is 0 Å². The van der Waals surface area contributed by atoms with Gasteiger partial charge in [0.25, 0.3) is 0 Å². The van der Waals surface area contributed by atoms with E-state index in [0.717, 1.165) is 23.0 Å². The molecule has 4 N–H and O–H groups in total. The Balaban J connectivity index is 1.91. The normalized spacial score (nSPS) is 10.1. The standard InChI is InChI=1S/C15H17N5O2S/c1-2-8-17-14(22)19-13(21)10-23-15-18-12(9-20(15)16)11-6-4-3-5-7-11/h2-7,9H,1,8,10,16H2,(H2,17,19,21,22). The number of imidazole rings is 1. The SMILES string of the molecule is C=CCNC(=O)NC(=O)CSc1nc(-c2ccccc2)cn1N. The topological polar surface area (TPSA) is 102 Å². The molecule has 3 amide bonds. The van der Waals surface area contributed by atoms with Crippen LogP contribution in [0.5, 0.6) is 0 Å². The molecule has 1 aromatic heterocycles. The molecule has 2 rings (SSSR count). The summed E-state index contributed by atoms with van der Waals surface area (Å²) in [7, 11) is 0. The minimum Gasteiger partial charge on any atom is -0.337 e. The van der Waals surface area contributed by atoms with Crippen LogP contribution in [0, 0.1) is 0 Å². The van der Waals surface area contributed by atoms with E-state index in [1.807, 2.05) is 30.3 Å². The molecule has 0 fully saturated rings. The van der Waals surface area contributed by atoms with Crippen molar-refractivity contribution >= 4 is 23.7 Å². The Kier molecular flexibility index (Phi) is 5.81. The van der Waals surface area contributed by atoms with Gasteiger partial charge in [-0.25, -0.2) is 14.5 Å². The third-order valence-electron chi connectivity index (χ3n) is 2.76. The Morgan fingerprint density at radius 3 is 2.78 bits per heavy atom. The third kappa shape index (κ3) is 4.89. The van der Waals surface area contributed by atoms with Crippen molar-refractivity contribution in [1.29, 1.82) is 0 Å². The molecule has 0 saturated carbocycles. The van der Waals surface area contributed by atoms with Crippen LogP contribution in [0.15, 0.2) is 54.3 Å². The zero-order valence-corrected chi connectivity index (χ0v) is 13.2. The van der Waals surface area contributed by atoms with E-state index in [1.165, 1.54) is 10.8 Å². The number of rotatable bonds is 6. The predicted molar refractivity (Wildman–Crippen MR) is 90.3 cm³/mol. The van der Waals surface area contributed by atoms with E-state index < -0.39 is 11.9 Å². The number of imide groups is 1. The maximum absolute atomic E-state index is 11.7. The smallest absolute Gasteiger partial charge is 0.321 e. The van der Waals surface area contributed by atoms with Gasteiger partial charge in [0.2, 0.25) is 5.91 Å². The highest BCUT2D eigenvalue weighted by Gasteiger charge is 2.12. The molecule has 0 saturated heterocycles. The lowest BCUT2D eigenvalue weighted by atomic mass is 10.2. The number of hydrogen-bond acceptors (Lipinski definition) is 5. The van der Waals surface area contributed by atoms with Gasteiger partial charge in [0.1, 0.15) is 0 Å². The van der Waals surface area contributed by atoms with E-state index in [9.17, 15) is 9.59 Å². The first-order valence-corrected chi connectivity index (χ1v) is 7.80. The van der Waals surface area contributed by atoms with Crippen molar-refractivity contribution in [3.8, 4) is 11.3 Å². The summed E-state index contributed by atoms with van der Waals surface area (Å²) >= 11 is 1.15. The minimum atomic E-state index is -0.559. The van der Waals surface area contributed by atoms with Crippen molar-refractivity contribution < 1.29 is 9.59 Å². The van der Waals surface area contributed by atoms with Gasteiger partial charge >= 0.3 is 6.03 Å². The maximum Gasteiger partial charge on any atom is 0.321 e. The maximum atomic E-state index is 11.7. The summed E-state index contributed by atoms with van der Waals surface area (Å²) in [6.45, 7) is 3.76. The van der Waals surface area contributed by atoms with Gasteiger partial charge in [0.15, 0.2) is 5.16 Å². The number of nitrogens with zero attached hydrogens (tertiary/aromatic N) is 2. The molecule has 0 atom stereocenters. The number of hydrogen-bond donors (Lipinski definition) is 3. The average Bonchev–Trinajstić information content (AvgIpc) is 2.93. The highest BCUT2D eigenvalue weighted by molar-refractivity contribution is 7.99. The fourth-order valence-electron chi connectivity index (χ4n) is 1.73. The van der Waals surface area contributed by atoms with E-state index in [4.69, 9.17) is 5.84 Å². The lowest BCUT2D eigenvalue weighted by Gasteiger charge is -2.04. The van der Waals surface area contributed by atoms with Crippen LogP contribution in [-0.4, -0.2) is 33.9 Å². The molecular weight excluding hydrogens is 314 g/mol. The molecule has 0 unspecified atom stereocenters. The number of nitrogen functional groups attached to an aromatic ring is 1. The Morgan fingerprint density at radius 1 is 1.35 bits per heavy atom. The summed E-state index contributed by atoms with van der Waals surface area (Å²) in [5, 5.41) is 5.15. The summed E-state index contributed by atoms with van der Waals surface area (Å²) in [5.41, 5.74) is 1.66. The second-order valence-corrected chi connectivity index (χ2v) is 5.46. The second kappa shape index (κ2) is 8.04. The summed E-state index contributed by atoms with van der Waals surface area (Å²) in [6, 6.07) is 9.03. The number of aromatic nitrogens is 2. The molecule has 8 heteroatoms. The molecule has 1 aromatic carbocycles. The van der Waals surface area contributed by atoms with Gasteiger partial charge < -0.3 is 11.2 Å². The summed E-state index contributed by atoms with van der Waals surface area (Å²) in [6.07, 6.45) is 3.21. The van der Waals surface area contributed by atoms with Crippen LogP contribution in [0.2, 0.25) is 0 Å². The zero-order valence-electron chi connectivity index (χ0n) is 12.4. The molecule has 0 radical (unpaired) electrons. The number of urea groups is 1. The zero-order chi connectivity index (χ0) is 16.7. The molecule has 7 nitrogen and oxygen atoms in total. The molecule has 1 heterocycles. The number of nitrogens with one attached hydrogen (secondary N) is 2. The van der Waals surface area contributed by atoms with Crippen LogP contribution >= 0.6 is 11.8 Å². The Morgan fingerprint density at radius 2 is 2.09 bits per heavy atom. The first-order valence-electron chi connectivity index (χ1n) is 6.81. The minimum absolute atomic E-state index is 0.0317. The van der Waals surface area contributed by atoms with Gasteiger partial charge in [-0.15, -0.1) is 6.58 Å². The van der Waals surface area contributed by atoms with Crippen LogP contribution in [0.25, 0.3) is 11.3 Å². The Labute approximate surface area is 137 Å². The van der Waals surface area contributed by atoms with Gasteiger partial charge in [0, 0.05) is 12.1 Å². The Hall–Kier alpha value is -2.74. The van der Waals surface area contributed by atoms with Gasteiger partial charge in [-0.1, -0.05) is 48.2 Å². The highest BCUT2D eigenvalue weighted by Crippen LogP contribution is 2.22. The van der Waals surface area contributed by atoms with Gasteiger partial charge in [0.05, 0.1) is 17.6 Å². The van der Waals surface area contributed by atoms with Gasteiger partial charge in [-0.2, -0.15) is 0 Å². The van der Waals surface area contributed by atoms with Crippen molar-refractivity contribution in [1.82, 2.24) is 20.3 Å². The molecule has 2 aromatic rings. The fourth-order valence-corrected chi connectivity index (χ4v) is 2.43. The van der Waals surface area contributed by atoms with Crippen molar-refractivity contribution in [2.45, 2.75) is 5.16 Å². The van der Waals surface area contributed by atoms with Crippen molar-refractivity contribution in [3.63, 3.8) is 0 Å². The lowest BCUT2D eigenvalue weighted by molar-refractivity contribution is -0.117. The van der Waals surface area contributed by atoms with E-state index >= 15 is 0 Å². The van der Waals surface area contributed by atoms with Crippen molar-refractivity contribution in [3.05, 3.63) is 49.2 Å². The Bertz CT molecular complexity index is 699. The van der Waals surface area contributed by atoms with E-state index in [-0.39, 0.29) is 5.75 Å². The first-order chi connectivity index (χ1) is 11.1. The number of amides is 3. The molecule has 0 bridgehead atoms. The first kappa shape index (κ1) is 16.6. The molecule has 0 spiro atoms. The van der Waals surface area contributed by atoms with Gasteiger partial charge in [-0.05, 0) is 0 Å². The largest absolute Gasteiger partial charge is 0.337 e. The predicted octanol–water partition coefficient (Wildman–Crippen LogP) is 1.37. The molecule has 0 aliphatic rings.